The molecule has 138 valence electrons. The molecule has 0 saturated heterocycles. The van der Waals surface area contributed by atoms with Crippen molar-refractivity contribution in [1.82, 2.24) is 10.2 Å². The predicted octanol–water partition coefficient (Wildman–Crippen LogP) is 2.36. The van der Waals surface area contributed by atoms with Crippen LogP contribution in [0, 0.1) is 0 Å². The molecule has 2 rings (SSSR count). The lowest BCUT2D eigenvalue weighted by Gasteiger charge is -2.33. The molecule has 0 amide bonds. The summed E-state index contributed by atoms with van der Waals surface area (Å²) in [7, 11) is 4.39. The van der Waals surface area contributed by atoms with E-state index in [1.54, 1.807) is 0 Å². The number of nitrogens with one attached hydrogen (secondary N) is 1. The minimum atomic E-state index is -1.26. The van der Waals surface area contributed by atoms with Crippen molar-refractivity contribution in [2.75, 3.05) is 14.1 Å². The highest BCUT2D eigenvalue weighted by molar-refractivity contribution is 5.89. The van der Waals surface area contributed by atoms with E-state index in [0.29, 0.717) is 18.2 Å². The van der Waals surface area contributed by atoms with Gasteiger partial charge in [0, 0.05) is 30.8 Å². The van der Waals surface area contributed by atoms with Crippen molar-refractivity contribution < 1.29 is 19.8 Å². The quantitative estimate of drug-likeness (QED) is 0.684. The zero-order chi connectivity index (χ0) is 18.7. The van der Waals surface area contributed by atoms with Crippen LogP contribution in [0.15, 0.2) is 42.5 Å². The molecule has 0 heterocycles. The van der Waals surface area contributed by atoms with Gasteiger partial charge in [-0.15, -0.1) is 0 Å². The van der Waals surface area contributed by atoms with Crippen molar-refractivity contribution >= 4 is 11.9 Å². The van der Waals surface area contributed by atoms with E-state index in [1.807, 2.05) is 0 Å². The van der Waals surface area contributed by atoms with Crippen LogP contribution < -0.4 is 5.32 Å². The molecule has 6 heteroatoms. The third-order valence-electron chi connectivity index (χ3n) is 4.23. The Morgan fingerprint density at radius 3 is 2.00 bits per heavy atom. The Bertz CT molecular complexity index is 534. The smallest absolute Gasteiger partial charge is 0.328 e. The van der Waals surface area contributed by atoms with Gasteiger partial charge < -0.3 is 20.4 Å². The van der Waals surface area contributed by atoms with E-state index in [-0.39, 0.29) is 0 Å². The standard InChI is InChI=1S/C15H24N2.C4H4O4/c1-17(2)15-10-8-14(9-11-15)16-12-13-6-4-3-5-7-13;5-3(6)1-2-4(7)8/h3-7,14-16H,8-12H2,1-2H3;1-2H,(H,5,6)(H,7,8)/b;2-1+/t14-,15-;. The number of rotatable bonds is 6. The number of carboxylic acids is 2. The molecule has 0 radical (unpaired) electrons. The van der Waals surface area contributed by atoms with E-state index in [2.05, 4.69) is 54.6 Å². The predicted molar refractivity (Wildman–Crippen MR) is 97.4 cm³/mol. The molecule has 1 aliphatic rings. The maximum atomic E-state index is 9.55. The Morgan fingerprint density at radius 1 is 1.04 bits per heavy atom. The molecule has 0 atom stereocenters. The fourth-order valence-corrected chi connectivity index (χ4v) is 2.80. The number of hydrogen-bond acceptors (Lipinski definition) is 4. The van der Waals surface area contributed by atoms with Crippen molar-refractivity contribution in [1.29, 1.82) is 0 Å². The molecule has 0 aliphatic heterocycles. The summed E-state index contributed by atoms with van der Waals surface area (Å²) < 4.78 is 0. The molecule has 0 unspecified atom stereocenters. The van der Waals surface area contributed by atoms with E-state index in [4.69, 9.17) is 10.2 Å². The SMILES string of the molecule is CN(C)[C@H]1CC[C@H](NCc2ccccc2)CC1.O=C(O)/C=C/C(=O)O. The maximum Gasteiger partial charge on any atom is 0.328 e. The van der Waals surface area contributed by atoms with Gasteiger partial charge in [-0.05, 0) is 45.3 Å². The lowest BCUT2D eigenvalue weighted by atomic mass is 9.90. The normalized spacial score (nSPS) is 20.1. The minimum Gasteiger partial charge on any atom is -0.478 e. The number of nitrogens with zero attached hydrogens (tertiary/aromatic N) is 1. The Hall–Kier alpha value is -2.18. The fraction of sp³-hybridized carbons (Fsp3) is 0.474. The molecule has 0 spiro atoms. The number of benzene rings is 1. The molecule has 6 nitrogen and oxygen atoms in total. The van der Waals surface area contributed by atoms with Crippen LogP contribution in [0.2, 0.25) is 0 Å². The van der Waals surface area contributed by atoms with Crippen molar-refractivity contribution in [2.24, 2.45) is 0 Å². The molecule has 3 N–H and O–H groups in total. The number of hydrogen-bond donors (Lipinski definition) is 3. The van der Waals surface area contributed by atoms with Crippen LogP contribution in [0.4, 0.5) is 0 Å². The summed E-state index contributed by atoms with van der Waals surface area (Å²) in [6.45, 7) is 1.01. The van der Waals surface area contributed by atoms with Gasteiger partial charge in [0.1, 0.15) is 0 Å². The maximum absolute atomic E-state index is 9.55. The zero-order valence-corrected chi connectivity index (χ0v) is 14.9. The molecule has 1 saturated carbocycles. The number of carboxylic acid groups (broad SMARTS) is 2. The van der Waals surface area contributed by atoms with Gasteiger partial charge in [-0.2, -0.15) is 0 Å². The minimum absolute atomic E-state index is 0.558. The van der Waals surface area contributed by atoms with Gasteiger partial charge >= 0.3 is 11.9 Å². The molecule has 1 aromatic carbocycles. The van der Waals surface area contributed by atoms with Gasteiger partial charge in [-0.1, -0.05) is 30.3 Å². The Balaban J connectivity index is 0.000000333. The first-order valence-electron chi connectivity index (χ1n) is 8.46. The van der Waals surface area contributed by atoms with E-state index >= 15 is 0 Å². The lowest BCUT2D eigenvalue weighted by molar-refractivity contribution is -0.134. The monoisotopic (exact) mass is 348 g/mol. The van der Waals surface area contributed by atoms with E-state index in [1.165, 1.54) is 31.2 Å². The molecule has 1 fully saturated rings. The van der Waals surface area contributed by atoms with E-state index in [0.717, 1.165) is 12.6 Å². The lowest BCUT2D eigenvalue weighted by Crippen LogP contribution is -2.39. The first kappa shape index (κ1) is 20.9. The van der Waals surface area contributed by atoms with Crippen LogP contribution in [-0.4, -0.2) is 53.2 Å². The molecule has 25 heavy (non-hydrogen) atoms. The topological polar surface area (TPSA) is 89.9 Å². The van der Waals surface area contributed by atoms with Crippen molar-refractivity contribution in [2.45, 2.75) is 44.3 Å². The third kappa shape index (κ3) is 9.64. The second-order valence-electron chi connectivity index (χ2n) is 6.35. The molecule has 0 aromatic heterocycles. The summed E-state index contributed by atoms with van der Waals surface area (Å²) >= 11 is 0. The van der Waals surface area contributed by atoms with Crippen LogP contribution in [0.1, 0.15) is 31.2 Å². The highest BCUT2D eigenvalue weighted by Crippen LogP contribution is 2.21. The summed E-state index contributed by atoms with van der Waals surface area (Å²) in [5.74, 6) is -2.51. The Morgan fingerprint density at radius 2 is 1.56 bits per heavy atom. The fourth-order valence-electron chi connectivity index (χ4n) is 2.80. The average Bonchev–Trinajstić information content (AvgIpc) is 2.60. The second-order valence-corrected chi connectivity index (χ2v) is 6.35. The summed E-state index contributed by atoms with van der Waals surface area (Å²) in [6.07, 6.45) is 6.41. The molecular formula is C19H28N2O4. The molecule has 1 aliphatic carbocycles. The number of carbonyl (C=O) groups is 2. The largest absolute Gasteiger partial charge is 0.478 e. The highest BCUT2D eigenvalue weighted by Gasteiger charge is 2.21. The first-order chi connectivity index (χ1) is 11.9. The van der Waals surface area contributed by atoms with Gasteiger partial charge in [0.2, 0.25) is 0 Å². The number of aliphatic carboxylic acids is 2. The van der Waals surface area contributed by atoms with Crippen molar-refractivity contribution in [3.8, 4) is 0 Å². The van der Waals surface area contributed by atoms with Crippen LogP contribution in [0.25, 0.3) is 0 Å². The van der Waals surface area contributed by atoms with E-state index < -0.39 is 11.9 Å². The van der Waals surface area contributed by atoms with Crippen molar-refractivity contribution in [3.05, 3.63) is 48.0 Å². The summed E-state index contributed by atoms with van der Waals surface area (Å²) in [6, 6.07) is 12.2. The van der Waals surface area contributed by atoms with Crippen LogP contribution in [0.5, 0.6) is 0 Å². The Kier molecular flexibility index (Phi) is 9.50. The molecule has 0 bridgehead atoms. The zero-order valence-electron chi connectivity index (χ0n) is 14.9. The van der Waals surface area contributed by atoms with Gasteiger partial charge in [0.05, 0.1) is 0 Å². The van der Waals surface area contributed by atoms with Crippen LogP contribution in [-0.2, 0) is 16.1 Å². The highest BCUT2D eigenvalue weighted by atomic mass is 16.4. The van der Waals surface area contributed by atoms with Gasteiger partial charge in [0.15, 0.2) is 0 Å². The molecular weight excluding hydrogens is 320 g/mol. The first-order valence-corrected chi connectivity index (χ1v) is 8.46. The summed E-state index contributed by atoms with van der Waals surface area (Å²) in [5, 5.41) is 19.3. The second kappa shape index (κ2) is 11.4. The van der Waals surface area contributed by atoms with E-state index in [9.17, 15) is 9.59 Å². The van der Waals surface area contributed by atoms with Crippen LogP contribution in [0.3, 0.4) is 0 Å². The van der Waals surface area contributed by atoms with Gasteiger partial charge in [-0.25, -0.2) is 9.59 Å². The van der Waals surface area contributed by atoms with Gasteiger partial charge in [-0.3, -0.25) is 0 Å². The van der Waals surface area contributed by atoms with Crippen molar-refractivity contribution in [3.63, 3.8) is 0 Å². The average molecular weight is 348 g/mol. The molecule has 1 aromatic rings. The summed E-state index contributed by atoms with van der Waals surface area (Å²) in [4.78, 5) is 21.5. The Labute approximate surface area is 149 Å². The van der Waals surface area contributed by atoms with Gasteiger partial charge in [0.25, 0.3) is 0 Å². The summed E-state index contributed by atoms with van der Waals surface area (Å²) in [5.41, 5.74) is 1.39. The third-order valence-corrected chi connectivity index (χ3v) is 4.23. The van der Waals surface area contributed by atoms with Crippen LogP contribution >= 0.6 is 0 Å².